The van der Waals surface area contributed by atoms with Crippen LogP contribution in [0.25, 0.3) is 20.9 Å². The molecule has 0 fully saturated rings. The van der Waals surface area contributed by atoms with Crippen molar-refractivity contribution in [2.24, 2.45) is 0 Å². The minimum Gasteiger partial charge on any atom is -0.337 e. The van der Waals surface area contributed by atoms with Crippen molar-refractivity contribution in [3.63, 3.8) is 0 Å². The Morgan fingerprint density at radius 2 is 2.19 bits per heavy atom. The van der Waals surface area contributed by atoms with Gasteiger partial charge in [0.25, 0.3) is 5.56 Å². The number of thiophene rings is 2. The number of nitrogens with zero attached hydrogens (tertiary/aromatic N) is 4. The lowest BCUT2D eigenvalue weighted by Gasteiger charge is -2.00. The molecule has 0 atom stereocenters. The summed E-state index contributed by atoms with van der Waals surface area (Å²) in [5, 5.41) is 8.34. The Balaban J connectivity index is 1.68. The van der Waals surface area contributed by atoms with Crippen LogP contribution in [0.1, 0.15) is 5.89 Å². The zero-order valence-corrected chi connectivity index (χ0v) is 12.2. The number of hydrogen-bond acceptors (Lipinski definition) is 7. The van der Waals surface area contributed by atoms with Crippen molar-refractivity contribution in [2.45, 2.75) is 6.54 Å². The Hall–Kier alpha value is -2.32. The molecule has 4 rings (SSSR count). The van der Waals surface area contributed by atoms with Crippen LogP contribution in [0, 0.1) is 0 Å². The maximum Gasteiger partial charge on any atom is 0.262 e. The molecule has 4 heterocycles. The van der Waals surface area contributed by atoms with Crippen molar-refractivity contribution in [3.8, 4) is 10.7 Å². The zero-order chi connectivity index (χ0) is 14.2. The van der Waals surface area contributed by atoms with Gasteiger partial charge in [0, 0.05) is 0 Å². The maximum absolute atomic E-state index is 12.3. The van der Waals surface area contributed by atoms with E-state index in [1.807, 2.05) is 22.9 Å². The number of aromatic nitrogens is 4. The van der Waals surface area contributed by atoms with E-state index < -0.39 is 0 Å². The van der Waals surface area contributed by atoms with Gasteiger partial charge in [-0.3, -0.25) is 9.36 Å². The summed E-state index contributed by atoms with van der Waals surface area (Å²) in [6.07, 6.45) is 1.51. The van der Waals surface area contributed by atoms with Crippen molar-refractivity contribution in [1.82, 2.24) is 19.7 Å². The van der Waals surface area contributed by atoms with Gasteiger partial charge in [-0.1, -0.05) is 11.2 Å². The minimum absolute atomic E-state index is 0.0999. The van der Waals surface area contributed by atoms with Crippen LogP contribution in [0.5, 0.6) is 0 Å². The van der Waals surface area contributed by atoms with Crippen LogP contribution < -0.4 is 5.56 Å². The van der Waals surface area contributed by atoms with Crippen molar-refractivity contribution < 1.29 is 4.52 Å². The molecule has 4 aromatic rings. The highest BCUT2D eigenvalue weighted by molar-refractivity contribution is 7.16. The molecule has 0 spiro atoms. The second-order valence-electron chi connectivity index (χ2n) is 4.31. The number of fused-ring (bicyclic) bond motifs is 1. The van der Waals surface area contributed by atoms with Gasteiger partial charge in [0.1, 0.15) is 11.4 Å². The van der Waals surface area contributed by atoms with E-state index >= 15 is 0 Å². The third-order valence-corrected chi connectivity index (χ3v) is 4.65. The SMILES string of the molecule is O=c1c2ccsc2ncn1Cc1nc(-c2cccs2)no1. The second-order valence-corrected chi connectivity index (χ2v) is 6.15. The minimum atomic E-state index is -0.0999. The molecule has 0 aliphatic rings. The standard InChI is InChI=1S/C13H8N4O2S2/c18-13-8-3-5-21-12(8)14-7-17(13)6-10-15-11(16-19-10)9-2-1-4-20-9/h1-5,7H,6H2. The maximum atomic E-state index is 12.3. The Labute approximate surface area is 126 Å². The fourth-order valence-corrected chi connectivity index (χ4v) is 3.35. The van der Waals surface area contributed by atoms with Gasteiger partial charge in [0.15, 0.2) is 0 Å². The van der Waals surface area contributed by atoms with Gasteiger partial charge in [-0.15, -0.1) is 22.7 Å². The first-order chi connectivity index (χ1) is 10.3. The van der Waals surface area contributed by atoms with E-state index in [1.54, 1.807) is 6.07 Å². The van der Waals surface area contributed by atoms with Gasteiger partial charge in [-0.25, -0.2) is 4.98 Å². The lowest BCUT2D eigenvalue weighted by molar-refractivity contribution is 0.370. The van der Waals surface area contributed by atoms with Crippen LogP contribution in [-0.4, -0.2) is 19.7 Å². The molecule has 8 heteroatoms. The van der Waals surface area contributed by atoms with Crippen LogP contribution in [0.15, 0.2) is 44.6 Å². The predicted molar refractivity (Wildman–Crippen MR) is 80.6 cm³/mol. The van der Waals surface area contributed by atoms with E-state index in [-0.39, 0.29) is 12.1 Å². The van der Waals surface area contributed by atoms with Crippen LogP contribution in [0.2, 0.25) is 0 Å². The molecule has 0 aliphatic heterocycles. The first-order valence-electron chi connectivity index (χ1n) is 6.10. The molecule has 0 bridgehead atoms. The molecule has 0 unspecified atom stereocenters. The van der Waals surface area contributed by atoms with Gasteiger partial charge in [-0.2, -0.15) is 4.98 Å². The average molecular weight is 316 g/mol. The van der Waals surface area contributed by atoms with Gasteiger partial charge in [-0.05, 0) is 22.9 Å². The largest absolute Gasteiger partial charge is 0.337 e. The Morgan fingerprint density at radius 1 is 1.24 bits per heavy atom. The quantitative estimate of drug-likeness (QED) is 0.581. The van der Waals surface area contributed by atoms with E-state index in [0.29, 0.717) is 17.1 Å². The molecule has 0 saturated carbocycles. The lowest BCUT2D eigenvalue weighted by atomic mass is 10.4. The van der Waals surface area contributed by atoms with E-state index in [4.69, 9.17) is 4.52 Å². The fraction of sp³-hybridized carbons (Fsp3) is 0.0769. The van der Waals surface area contributed by atoms with Crippen LogP contribution in [-0.2, 0) is 6.54 Å². The van der Waals surface area contributed by atoms with E-state index in [1.165, 1.54) is 33.6 Å². The normalized spacial score (nSPS) is 11.2. The second kappa shape index (κ2) is 4.90. The summed E-state index contributed by atoms with van der Waals surface area (Å²) in [7, 11) is 0. The molecule has 0 radical (unpaired) electrons. The smallest absolute Gasteiger partial charge is 0.262 e. The average Bonchev–Trinajstić information content (AvgIpc) is 3.21. The highest BCUT2D eigenvalue weighted by atomic mass is 32.1. The Kier molecular flexibility index (Phi) is 2.90. The highest BCUT2D eigenvalue weighted by Gasteiger charge is 2.12. The summed E-state index contributed by atoms with van der Waals surface area (Å²) in [5.41, 5.74) is -0.0999. The molecule has 0 saturated heterocycles. The van der Waals surface area contributed by atoms with Crippen molar-refractivity contribution in [3.05, 3.63) is 51.5 Å². The molecule has 0 aliphatic carbocycles. The van der Waals surface area contributed by atoms with Gasteiger partial charge < -0.3 is 4.52 Å². The number of hydrogen-bond donors (Lipinski definition) is 0. The van der Waals surface area contributed by atoms with Crippen LogP contribution in [0.4, 0.5) is 0 Å². The Bertz CT molecular complexity index is 952. The van der Waals surface area contributed by atoms with E-state index in [0.717, 1.165) is 9.71 Å². The topological polar surface area (TPSA) is 73.8 Å². The van der Waals surface area contributed by atoms with Gasteiger partial charge in [0.2, 0.25) is 11.7 Å². The molecule has 0 aromatic carbocycles. The van der Waals surface area contributed by atoms with E-state index in [2.05, 4.69) is 15.1 Å². The molecular weight excluding hydrogens is 308 g/mol. The summed E-state index contributed by atoms with van der Waals surface area (Å²) >= 11 is 2.98. The molecule has 6 nitrogen and oxygen atoms in total. The molecule has 104 valence electrons. The summed E-state index contributed by atoms with van der Waals surface area (Å²) in [6, 6.07) is 5.62. The van der Waals surface area contributed by atoms with Gasteiger partial charge >= 0.3 is 0 Å². The van der Waals surface area contributed by atoms with Crippen molar-refractivity contribution in [1.29, 1.82) is 0 Å². The third-order valence-electron chi connectivity index (χ3n) is 2.97. The Morgan fingerprint density at radius 3 is 3.05 bits per heavy atom. The summed E-state index contributed by atoms with van der Waals surface area (Å²) < 4.78 is 6.67. The van der Waals surface area contributed by atoms with Crippen LogP contribution >= 0.6 is 22.7 Å². The van der Waals surface area contributed by atoms with E-state index in [9.17, 15) is 4.79 Å². The zero-order valence-electron chi connectivity index (χ0n) is 10.6. The molecule has 21 heavy (non-hydrogen) atoms. The first kappa shape index (κ1) is 12.4. The highest BCUT2D eigenvalue weighted by Crippen LogP contribution is 2.21. The summed E-state index contributed by atoms with van der Waals surface area (Å²) in [5.74, 6) is 0.925. The summed E-state index contributed by atoms with van der Waals surface area (Å²) in [4.78, 5) is 22.5. The van der Waals surface area contributed by atoms with Crippen molar-refractivity contribution >= 4 is 32.9 Å². The summed E-state index contributed by atoms with van der Waals surface area (Å²) in [6.45, 7) is 0.218. The monoisotopic (exact) mass is 316 g/mol. The number of rotatable bonds is 3. The third kappa shape index (κ3) is 2.18. The molecule has 4 aromatic heterocycles. The van der Waals surface area contributed by atoms with Gasteiger partial charge in [0.05, 0.1) is 16.6 Å². The van der Waals surface area contributed by atoms with Crippen molar-refractivity contribution in [2.75, 3.05) is 0 Å². The fourth-order valence-electron chi connectivity index (χ4n) is 1.98. The lowest BCUT2D eigenvalue weighted by Crippen LogP contribution is -2.20. The molecule has 0 N–H and O–H groups in total. The first-order valence-corrected chi connectivity index (χ1v) is 7.86. The van der Waals surface area contributed by atoms with Crippen LogP contribution in [0.3, 0.4) is 0 Å². The predicted octanol–water partition coefficient (Wildman–Crippen LogP) is 2.62. The molecular formula is C13H8N4O2S2. The molecule has 0 amide bonds.